The van der Waals surface area contributed by atoms with Gasteiger partial charge < -0.3 is 9.47 Å². The molecular weight excluding hydrogens is 484 g/mol. The normalized spacial score (nSPS) is 11.3. The van der Waals surface area contributed by atoms with E-state index in [0.29, 0.717) is 32.7 Å². The van der Waals surface area contributed by atoms with Crippen LogP contribution in [0.25, 0.3) is 0 Å². The molecule has 0 radical (unpaired) electrons. The molecule has 0 unspecified atom stereocenters. The molecule has 33 heavy (non-hydrogen) atoms. The molecule has 8 heteroatoms. The van der Waals surface area contributed by atoms with Crippen molar-refractivity contribution < 1.29 is 14.3 Å². The molecule has 1 atom stereocenters. The number of ether oxygens (including phenoxy) is 2. The van der Waals surface area contributed by atoms with Crippen LogP contribution in [0, 0.1) is 22.7 Å². The fraction of sp³-hybridized carbons (Fsp3) is 0.120. The van der Waals surface area contributed by atoms with Gasteiger partial charge in [0.2, 0.25) is 0 Å². The molecule has 0 aliphatic rings. The zero-order chi connectivity index (χ0) is 23.6. The SMILES string of the molecule is COc1cc(/C=N\NC(=O)[C@@H](C#N)c2ccccc2)c(Br)cc1OCc1ccccc1C#N. The van der Waals surface area contributed by atoms with Crippen LogP contribution in [-0.4, -0.2) is 19.2 Å². The van der Waals surface area contributed by atoms with Gasteiger partial charge in [0.15, 0.2) is 17.4 Å². The number of rotatable bonds is 8. The second-order valence-electron chi connectivity index (χ2n) is 6.79. The smallest absolute Gasteiger partial charge is 0.261 e. The number of nitrogens with zero attached hydrogens (tertiary/aromatic N) is 3. The van der Waals surface area contributed by atoms with Gasteiger partial charge in [-0.1, -0.05) is 48.5 Å². The number of carbonyl (C=O) groups is 1. The van der Waals surface area contributed by atoms with E-state index in [1.54, 1.807) is 48.5 Å². The van der Waals surface area contributed by atoms with Gasteiger partial charge in [-0.15, -0.1) is 0 Å². The predicted molar refractivity (Wildman–Crippen MR) is 127 cm³/mol. The fourth-order valence-corrected chi connectivity index (χ4v) is 3.42. The molecule has 0 bridgehead atoms. The van der Waals surface area contributed by atoms with E-state index in [1.165, 1.54) is 13.3 Å². The predicted octanol–water partition coefficient (Wildman–Crippen LogP) is 4.67. The number of benzene rings is 3. The van der Waals surface area contributed by atoms with Crippen molar-refractivity contribution in [1.29, 1.82) is 10.5 Å². The molecule has 1 amide bonds. The zero-order valence-corrected chi connectivity index (χ0v) is 19.2. The summed E-state index contributed by atoms with van der Waals surface area (Å²) in [6.45, 7) is 0.199. The van der Waals surface area contributed by atoms with Gasteiger partial charge in [-0.05, 0) is 39.7 Å². The maximum atomic E-state index is 12.4. The number of hydrogen-bond donors (Lipinski definition) is 1. The second-order valence-corrected chi connectivity index (χ2v) is 7.64. The van der Waals surface area contributed by atoms with Crippen LogP contribution in [0.4, 0.5) is 0 Å². The highest BCUT2D eigenvalue weighted by molar-refractivity contribution is 9.10. The van der Waals surface area contributed by atoms with Gasteiger partial charge in [0.25, 0.3) is 5.91 Å². The lowest BCUT2D eigenvalue weighted by molar-refractivity contribution is -0.121. The number of amides is 1. The molecule has 0 fully saturated rings. The third-order valence-corrected chi connectivity index (χ3v) is 5.39. The molecule has 7 nitrogen and oxygen atoms in total. The van der Waals surface area contributed by atoms with Gasteiger partial charge >= 0.3 is 0 Å². The first-order valence-corrected chi connectivity index (χ1v) is 10.6. The lowest BCUT2D eigenvalue weighted by Crippen LogP contribution is -2.24. The van der Waals surface area contributed by atoms with E-state index in [4.69, 9.17) is 9.47 Å². The zero-order valence-electron chi connectivity index (χ0n) is 17.7. The van der Waals surface area contributed by atoms with Crippen LogP contribution in [0.2, 0.25) is 0 Å². The Morgan fingerprint density at radius 2 is 1.85 bits per heavy atom. The standard InChI is InChI=1S/C25H19BrN4O3/c1-32-23-11-20(15-29-30-25(31)21(14-28)17-7-3-2-4-8-17)22(26)12-24(23)33-16-19-10-6-5-9-18(19)13-27/h2-12,15,21H,16H2,1H3,(H,30,31)/b29-15-/t21-/m0/s1. The van der Waals surface area contributed by atoms with E-state index < -0.39 is 11.8 Å². The Labute approximate surface area is 200 Å². The molecule has 0 aromatic heterocycles. The summed E-state index contributed by atoms with van der Waals surface area (Å²) >= 11 is 3.47. The number of nitrogens with one attached hydrogen (secondary N) is 1. The number of methoxy groups -OCH3 is 1. The van der Waals surface area contributed by atoms with E-state index >= 15 is 0 Å². The van der Waals surface area contributed by atoms with E-state index in [2.05, 4.69) is 32.5 Å². The quantitative estimate of drug-likeness (QED) is 0.355. The summed E-state index contributed by atoms with van der Waals surface area (Å²) < 4.78 is 12.0. The number of carbonyl (C=O) groups excluding carboxylic acids is 1. The van der Waals surface area contributed by atoms with Crippen molar-refractivity contribution in [2.75, 3.05) is 7.11 Å². The van der Waals surface area contributed by atoms with Crippen molar-refractivity contribution in [3.05, 3.63) is 93.5 Å². The van der Waals surface area contributed by atoms with Gasteiger partial charge in [0, 0.05) is 15.6 Å². The minimum atomic E-state index is -0.964. The van der Waals surface area contributed by atoms with Crippen LogP contribution in [0.5, 0.6) is 11.5 Å². The molecular formula is C25H19BrN4O3. The summed E-state index contributed by atoms with van der Waals surface area (Å²) in [5.74, 6) is -0.556. The highest BCUT2D eigenvalue weighted by Gasteiger charge is 2.19. The number of hydrazone groups is 1. The summed E-state index contributed by atoms with van der Waals surface area (Å²) in [7, 11) is 1.51. The first kappa shape index (κ1) is 23.5. The van der Waals surface area contributed by atoms with Crippen LogP contribution in [-0.2, 0) is 11.4 Å². The van der Waals surface area contributed by atoms with Gasteiger partial charge in [0.05, 0.1) is 31.0 Å². The minimum Gasteiger partial charge on any atom is -0.493 e. The molecule has 164 valence electrons. The first-order valence-electron chi connectivity index (χ1n) is 9.83. The Morgan fingerprint density at radius 1 is 1.12 bits per heavy atom. The molecule has 0 spiro atoms. The lowest BCUT2D eigenvalue weighted by atomic mass is 10.0. The van der Waals surface area contributed by atoms with Crippen molar-refractivity contribution in [3.63, 3.8) is 0 Å². The van der Waals surface area contributed by atoms with Crippen LogP contribution < -0.4 is 14.9 Å². The average molecular weight is 503 g/mol. The largest absolute Gasteiger partial charge is 0.493 e. The average Bonchev–Trinajstić information content (AvgIpc) is 2.85. The van der Waals surface area contributed by atoms with Gasteiger partial charge in [-0.25, -0.2) is 5.43 Å². The van der Waals surface area contributed by atoms with Crippen molar-refractivity contribution >= 4 is 28.1 Å². The summed E-state index contributed by atoms with van der Waals surface area (Å²) in [6, 6.07) is 23.5. The molecule has 0 aliphatic heterocycles. The van der Waals surface area contributed by atoms with E-state index in [9.17, 15) is 15.3 Å². The summed E-state index contributed by atoms with van der Waals surface area (Å²) in [6.07, 6.45) is 1.44. The van der Waals surface area contributed by atoms with E-state index in [1.807, 2.05) is 24.3 Å². The summed E-state index contributed by atoms with van der Waals surface area (Å²) in [5.41, 5.74) is 4.93. The molecule has 0 saturated carbocycles. The summed E-state index contributed by atoms with van der Waals surface area (Å²) in [5, 5.41) is 22.6. The van der Waals surface area contributed by atoms with Gasteiger partial charge in [-0.3, -0.25) is 4.79 Å². The Kier molecular flexibility index (Phi) is 8.18. The molecule has 0 heterocycles. The Balaban J connectivity index is 1.71. The van der Waals surface area contributed by atoms with Crippen LogP contribution >= 0.6 is 15.9 Å². The summed E-state index contributed by atoms with van der Waals surface area (Å²) in [4.78, 5) is 12.4. The molecule has 3 aromatic rings. The third kappa shape index (κ3) is 5.97. The highest BCUT2D eigenvalue weighted by Crippen LogP contribution is 2.33. The van der Waals surface area contributed by atoms with E-state index in [0.717, 1.165) is 5.56 Å². The first-order chi connectivity index (χ1) is 16.1. The molecule has 0 saturated heterocycles. The molecule has 0 aliphatic carbocycles. The van der Waals surface area contributed by atoms with Crippen LogP contribution in [0.1, 0.15) is 28.2 Å². The minimum absolute atomic E-state index is 0.199. The van der Waals surface area contributed by atoms with Gasteiger partial charge in [0.1, 0.15) is 6.61 Å². The Bertz CT molecular complexity index is 1250. The van der Waals surface area contributed by atoms with Crippen molar-refractivity contribution in [3.8, 4) is 23.6 Å². The monoisotopic (exact) mass is 502 g/mol. The van der Waals surface area contributed by atoms with Crippen molar-refractivity contribution in [2.45, 2.75) is 12.5 Å². The number of hydrogen-bond acceptors (Lipinski definition) is 6. The molecule has 3 aromatic carbocycles. The maximum absolute atomic E-state index is 12.4. The number of nitriles is 2. The second kappa shape index (κ2) is 11.5. The van der Waals surface area contributed by atoms with Crippen LogP contribution in [0.3, 0.4) is 0 Å². The molecule has 1 N–H and O–H groups in total. The molecule has 3 rings (SSSR count). The Morgan fingerprint density at radius 3 is 2.55 bits per heavy atom. The van der Waals surface area contributed by atoms with Crippen LogP contribution in [0.15, 0.2) is 76.3 Å². The Hall–Kier alpha value is -4.14. The third-order valence-electron chi connectivity index (χ3n) is 4.71. The fourth-order valence-electron chi connectivity index (χ4n) is 2.99. The highest BCUT2D eigenvalue weighted by atomic mass is 79.9. The van der Waals surface area contributed by atoms with Gasteiger partial charge in [-0.2, -0.15) is 15.6 Å². The van der Waals surface area contributed by atoms with E-state index in [-0.39, 0.29) is 6.61 Å². The lowest BCUT2D eigenvalue weighted by Gasteiger charge is -2.13. The van der Waals surface area contributed by atoms with Crippen molar-refractivity contribution in [1.82, 2.24) is 5.43 Å². The maximum Gasteiger partial charge on any atom is 0.261 e. The number of halogens is 1. The van der Waals surface area contributed by atoms with Crippen molar-refractivity contribution in [2.24, 2.45) is 5.10 Å². The topological polar surface area (TPSA) is 108 Å².